The van der Waals surface area contributed by atoms with Crippen molar-refractivity contribution in [3.63, 3.8) is 0 Å². The van der Waals surface area contributed by atoms with Gasteiger partial charge in [0, 0.05) is 7.05 Å². The largest absolute Gasteiger partial charge is 0.444 e. The van der Waals surface area contributed by atoms with Gasteiger partial charge in [-0.05, 0) is 13.8 Å². The lowest BCUT2D eigenvalue weighted by Crippen LogP contribution is -2.23. The van der Waals surface area contributed by atoms with Crippen molar-refractivity contribution in [1.29, 1.82) is 0 Å². The third-order valence-electron chi connectivity index (χ3n) is 2.65. The van der Waals surface area contributed by atoms with Gasteiger partial charge >= 0.3 is 0 Å². The maximum atomic E-state index is 12.0. The molecule has 2 N–H and O–H groups in total. The van der Waals surface area contributed by atoms with Gasteiger partial charge in [0.15, 0.2) is 0 Å². The topological polar surface area (TPSA) is 110 Å². The molecule has 2 rings (SSSR count). The van der Waals surface area contributed by atoms with E-state index in [9.17, 15) is 8.42 Å². The molecule has 0 aromatic carbocycles. The average Bonchev–Trinajstić information content (AvgIpc) is 2.76. The van der Waals surface area contributed by atoms with E-state index in [4.69, 9.17) is 4.42 Å². The van der Waals surface area contributed by atoms with Crippen molar-refractivity contribution < 1.29 is 12.8 Å². The Morgan fingerprint density at radius 1 is 1.25 bits per heavy atom. The minimum absolute atomic E-state index is 0.0171. The second kappa shape index (κ2) is 5.55. The molecule has 2 aromatic heterocycles. The van der Waals surface area contributed by atoms with Crippen LogP contribution in [0.25, 0.3) is 0 Å². The molecule has 0 aliphatic carbocycles. The Balaban J connectivity index is 2.10. The minimum atomic E-state index is -3.69. The number of hydrogen-bond acceptors (Lipinski definition) is 7. The van der Waals surface area contributed by atoms with E-state index in [0.717, 1.165) is 5.69 Å². The Morgan fingerprint density at radius 3 is 2.40 bits per heavy atom. The van der Waals surface area contributed by atoms with Gasteiger partial charge in [-0.3, -0.25) is 0 Å². The van der Waals surface area contributed by atoms with Gasteiger partial charge in [0.1, 0.15) is 10.7 Å². The predicted molar refractivity (Wildman–Crippen MR) is 71.6 cm³/mol. The molecule has 8 nitrogen and oxygen atoms in total. The van der Waals surface area contributed by atoms with Crippen molar-refractivity contribution in [3.05, 3.63) is 29.7 Å². The molecule has 0 saturated heterocycles. The molecule has 0 fully saturated rings. The highest BCUT2D eigenvalue weighted by atomic mass is 32.2. The molecule has 0 atom stereocenters. The molecule has 0 unspecified atom stereocenters. The van der Waals surface area contributed by atoms with E-state index in [1.54, 1.807) is 20.9 Å². The second-order valence-electron chi connectivity index (χ2n) is 4.07. The van der Waals surface area contributed by atoms with Crippen molar-refractivity contribution in [1.82, 2.24) is 19.7 Å². The van der Waals surface area contributed by atoms with Crippen molar-refractivity contribution in [2.75, 3.05) is 12.4 Å². The quantitative estimate of drug-likeness (QED) is 0.831. The van der Waals surface area contributed by atoms with Crippen LogP contribution in [0, 0.1) is 13.8 Å². The molecule has 2 aromatic rings. The average molecular weight is 297 g/mol. The molecular weight excluding hydrogens is 282 g/mol. The van der Waals surface area contributed by atoms with E-state index < -0.39 is 10.0 Å². The van der Waals surface area contributed by atoms with Crippen molar-refractivity contribution in [2.24, 2.45) is 0 Å². The van der Waals surface area contributed by atoms with E-state index >= 15 is 0 Å². The van der Waals surface area contributed by atoms with Gasteiger partial charge in [0.25, 0.3) is 0 Å². The van der Waals surface area contributed by atoms with Crippen LogP contribution in [0.2, 0.25) is 0 Å². The summed E-state index contributed by atoms with van der Waals surface area (Å²) in [5.41, 5.74) is 0.737. The summed E-state index contributed by atoms with van der Waals surface area (Å²) >= 11 is 0. The smallest absolute Gasteiger partial charge is 0.244 e. The number of hydrogen-bond donors (Lipinski definition) is 2. The summed E-state index contributed by atoms with van der Waals surface area (Å²) in [5, 5.41) is 2.71. The number of nitrogens with one attached hydrogen (secondary N) is 2. The third kappa shape index (κ3) is 3.11. The van der Waals surface area contributed by atoms with Crippen molar-refractivity contribution >= 4 is 16.0 Å². The maximum Gasteiger partial charge on any atom is 0.244 e. The Morgan fingerprint density at radius 2 is 1.90 bits per heavy atom. The fourth-order valence-corrected chi connectivity index (χ4v) is 2.30. The van der Waals surface area contributed by atoms with Crippen LogP contribution in [-0.4, -0.2) is 30.4 Å². The Kier molecular flexibility index (Phi) is 4.00. The van der Waals surface area contributed by atoms with Gasteiger partial charge in [0.2, 0.25) is 21.9 Å². The first-order valence-corrected chi connectivity index (χ1v) is 7.33. The highest BCUT2D eigenvalue weighted by Crippen LogP contribution is 2.11. The van der Waals surface area contributed by atoms with E-state index in [0.29, 0.717) is 17.6 Å². The molecule has 9 heteroatoms. The standard InChI is InChI=1S/C11H15N5O3S/c1-7-8(2)19-10(16-7)6-15-20(17,18)9-4-13-11(12-3)14-5-9/h4-5,15H,6H2,1-3H3,(H,12,13,14). The normalized spacial score (nSPS) is 11.6. The first-order valence-electron chi connectivity index (χ1n) is 5.85. The number of sulfonamides is 1. The summed E-state index contributed by atoms with van der Waals surface area (Å²) in [4.78, 5) is 11.8. The van der Waals surface area contributed by atoms with Crippen molar-refractivity contribution in [2.45, 2.75) is 25.3 Å². The van der Waals surface area contributed by atoms with E-state index in [2.05, 4.69) is 25.0 Å². The zero-order valence-corrected chi connectivity index (χ0v) is 12.2. The predicted octanol–water partition coefficient (Wildman–Crippen LogP) is 0.602. The van der Waals surface area contributed by atoms with Crippen LogP contribution < -0.4 is 10.0 Å². The number of aryl methyl sites for hydroxylation is 2. The lowest BCUT2D eigenvalue weighted by molar-refractivity contribution is 0.463. The summed E-state index contributed by atoms with van der Waals surface area (Å²) in [5.74, 6) is 1.33. The summed E-state index contributed by atoms with van der Waals surface area (Å²) in [7, 11) is -2.04. The van der Waals surface area contributed by atoms with Gasteiger partial charge in [-0.15, -0.1) is 0 Å². The van der Waals surface area contributed by atoms with Crippen LogP contribution in [0.5, 0.6) is 0 Å². The molecular formula is C11H15N5O3S. The fraction of sp³-hybridized carbons (Fsp3) is 0.364. The highest BCUT2D eigenvalue weighted by Gasteiger charge is 2.16. The number of oxazole rings is 1. The number of anilines is 1. The lowest BCUT2D eigenvalue weighted by atomic mass is 10.4. The Hall–Kier alpha value is -2.00. The molecule has 108 valence electrons. The lowest BCUT2D eigenvalue weighted by Gasteiger charge is -2.04. The number of rotatable bonds is 5. The van der Waals surface area contributed by atoms with Crippen LogP contribution in [0.1, 0.15) is 17.3 Å². The van der Waals surface area contributed by atoms with Crippen LogP contribution in [0.4, 0.5) is 5.95 Å². The van der Waals surface area contributed by atoms with Gasteiger partial charge in [-0.2, -0.15) is 0 Å². The molecule has 0 radical (unpaired) electrons. The highest BCUT2D eigenvalue weighted by molar-refractivity contribution is 7.89. The molecule has 0 aliphatic rings. The molecule has 0 aliphatic heterocycles. The van der Waals surface area contributed by atoms with E-state index in [-0.39, 0.29) is 11.4 Å². The van der Waals surface area contributed by atoms with Gasteiger partial charge in [-0.1, -0.05) is 0 Å². The van der Waals surface area contributed by atoms with Crippen molar-refractivity contribution in [3.8, 4) is 0 Å². The first-order chi connectivity index (χ1) is 9.42. The Labute approximate surface area is 116 Å². The van der Waals surface area contributed by atoms with Gasteiger partial charge < -0.3 is 9.73 Å². The molecule has 0 spiro atoms. The van der Waals surface area contributed by atoms with Crippen LogP contribution in [-0.2, 0) is 16.6 Å². The summed E-state index contributed by atoms with van der Waals surface area (Å²) in [6.45, 7) is 3.54. The molecule has 0 bridgehead atoms. The first kappa shape index (κ1) is 14.4. The van der Waals surface area contributed by atoms with E-state index in [1.165, 1.54) is 12.4 Å². The molecule has 20 heavy (non-hydrogen) atoms. The summed E-state index contributed by atoms with van der Waals surface area (Å²) < 4.78 is 31.7. The molecule has 0 amide bonds. The molecule has 0 saturated carbocycles. The maximum absolute atomic E-state index is 12.0. The minimum Gasteiger partial charge on any atom is -0.444 e. The van der Waals surface area contributed by atoms with E-state index in [1.807, 2.05) is 0 Å². The van der Waals surface area contributed by atoms with Crippen LogP contribution >= 0.6 is 0 Å². The zero-order chi connectivity index (χ0) is 14.8. The third-order valence-corrected chi connectivity index (χ3v) is 4.00. The number of aromatic nitrogens is 3. The van der Waals surface area contributed by atoms with Crippen LogP contribution in [0.15, 0.2) is 21.7 Å². The zero-order valence-electron chi connectivity index (χ0n) is 11.3. The second-order valence-corrected chi connectivity index (χ2v) is 5.83. The summed E-state index contributed by atoms with van der Waals surface area (Å²) in [6.07, 6.45) is 2.46. The Bertz CT molecular complexity index is 674. The summed E-state index contributed by atoms with van der Waals surface area (Å²) in [6, 6.07) is 0. The molecule has 2 heterocycles. The van der Waals surface area contributed by atoms with Crippen LogP contribution in [0.3, 0.4) is 0 Å². The monoisotopic (exact) mass is 297 g/mol. The fourth-order valence-electron chi connectivity index (χ4n) is 1.44. The number of nitrogens with zero attached hydrogens (tertiary/aromatic N) is 3. The SMILES string of the molecule is CNc1ncc(S(=O)(=O)NCc2nc(C)c(C)o2)cn1. The van der Waals surface area contributed by atoms with Gasteiger partial charge in [0.05, 0.1) is 24.6 Å². The van der Waals surface area contributed by atoms with Gasteiger partial charge in [-0.25, -0.2) is 28.1 Å².